The maximum atomic E-state index is 6.07. The van der Waals surface area contributed by atoms with Crippen molar-refractivity contribution in [2.75, 3.05) is 5.73 Å². The first-order valence-corrected chi connectivity index (χ1v) is 7.37. The zero-order chi connectivity index (χ0) is 14.0. The lowest BCUT2D eigenvalue weighted by Crippen LogP contribution is -2.07. The Morgan fingerprint density at radius 1 is 1.32 bits per heavy atom. The van der Waals surface area contributed by atoms with E-state index < -0.39 is 0 Å². The smallest absolute Gasteiger partial charge is 0.222 e. The van der Waals surface area contributed by atoms with Gasteiger partial charge in [0, 0.05) is 11.8 Å². The monoisotopic (exact) mass is 317 g/mol. The third-order valence-electron chi connectivity index (χ3n) is 2.43. The quantitative estimate of drug-likeness (QED) is 0.691. The van der Waals surface area contributed by atoms with Gasteiger partial charge in [0.2, 0.25) is 5.95 Å². The highest BCUT2D eigenvalue weighted by Gasteiger charge is 2.14. The average molecular weight is 318 g/mol. The highest BCUT2D eigenvalue weighted by Crippen LogP contribution is 2.28. The average Bonchev–Trinajstić information content (AvgIpc) is 2.72. The summed E-state index contributed by atoms with van der Waals surface area (Å²) in [6, 6.07) is 3.58. The van der Waals surface area contributed by atoms with Crippen LogP contribution in [0.2, 0.25) is 10.2 Å². The highest BCUT2D eigenvalue weighted by atomic mass is 35.5. The Labute approximate surface area is 125 Å². The van der Waals surface area contributed by atoms with Crippen LogP contribution in [0.5, 0.6) is 0 Å². The van der Waals surface area contributed by atoms with Gasteiger partial charge >= 0.3 is 0 Å². The van der Waals surface area contributed by atoms with Gasteiger partial charge in [0.15, 0.2) is 5.16 Å². The Hall–Kier alpha value is -0.980. The summed E-state index contributed by atoms with van der Waals surface area (Å²) >= 11 is 13.4. The number of halogens is 2. The van der Waals surface area contributed by atoms with Crippen LogP contribution in [-0.2, 0) is 5.75 Å². The summed E-state index contributed by atoms with van der Waals surface area (Å²) in [5.74, 6) is 0.965. The van der Waals surface area contributed by atoms with E-state index >= 15 is 0 Å². The Morgan fingerprint density at radius 3 is 2.74 bits per heavy atom. The van der Waals surface area contributed by atoms with E-state index in [4.69, 9.17) is 28.9 Å². The van der Waals surface area contributed by atoms with E-state index in [0.29, 0.717) is 21.9 Å². The number of rotatable bonds is 4. The number of aromatic nitrogens is 4. The van der Waals surface area contributed by atoms with Gasteiger partial charge < -0.3 is 5.73 Å². The van der Waals surface area contributed by atoms with Crippen LogP contribution in [0, 0.1) is 0 Å². The van der Waals surface area contributed by atoms with Gasteiger partial charge in [0.1, 0.15) is 5.15 Å². The number of hydrogen-bond donors (Lipinski definition) is 1. The Bertz CT molecular complexity index is 584. The largest absolute Gasteiger partial charge is 0.368 e. The molecule has 0 aliphatic heterocycles. The predicted molar refractivity (Wildman–Crippen MR) is 78.6 cm³/mol. The van der Waals surface area contributed by atoms with Crippen molar-refractivity contribution in [1.29, 1.82) is 0 Å². The molecule has 2 N–H and O–H groups in total. The lowest BCUT2D eigenvalue weighted by molar-refractivity contribution is 0.557. The molecular weight excluding hydrogens is 305 g/mol. The second kappa shape index (κ2) is 5.98. The van der Waals surface area contributed by atoms with Gasteiger partial charge in [-0.1, -0.05) is 35.0 Å². The third-order valence-corrected chi connectivity index (χ3v) is 3.94. The van der Waals surface area contributed by atoms with Gasteiger partial charge in [0.05, 0.1) is 10.7 Å². The molecule has 0 radical (unpaired) electrons. The summed E-state index contributed by atoms with van der Waals surface area (Å²) in [5.41, 5.74) is 6.50. The minimum Gasteiger partial charge on any atom is -0.368 e. The van der Waals surface area contributed by atoms with Crippen molar-refractivity contribution in [3.05, 3.63) is 28.0 Å². The number of anilines is 1. The Kier molecular flexibility index (Phi) is 4.54. The summed E-state index contributed by atoms with van der Waals surface area (Å²) in [5, 5.41) is 9.68. The van der Waals surface area contributed by atoms with E-state index in [0.717, 1.165) is 10.9 Å². The van der Waals surface area contributed by atoms with Crippen LogP contribution in [0.1, 0.15) is 25.6 Å². The number of hydrogen-bond acceptors (Lipinski definition) is 5. The van der Waals surface area contributed by atoms with Crippen molar-refractivity contribution < 1.29 is 0 Å². The molecule has 0 atom stereocenters. The van der Waals surface area contributed by atoms with Gasteiger partial charge in [-0.3, -0.25) is 4.57 Å². The second-order valence-electron chi connectivity index (χ2n) is 4.16. The molecule has 5 nitrogen and oxygen atoms in total. The second-order valence-corrected chi connectivity index (χ2v) is 5.89. The SMILES string of the molecule is CC(C)n1c(N)nnc1SCc1nc(Cl)ccc1Cl. The molecule has 2 heterocycles. The molecule has 0 saturated carbocycles. The first-order chi connectivity index (χ1) is 8.99. The highest BCUT2D eigenvalue weighted by molar-refractivity contribution is 7.98. The van der Waals surface area contributed by atoms with Crippen LogP contribution in [-0.4, -0.2) is 19.7 Å². The molecule has 0 unspecified atom stereocenters. The molecule has 2 rings (SSSR count). The van der Waals surface area contributed by atoms with Crippen LogP contribution >= 0.6 is 35.0 Å². The molecule has 0 saturated heterocycles. The van der Waals surface area contributed by atoms with Crippen LogP contribution < -0.4 is 5.73 Å². The van der Waals surface area contributed by atoms with Crippen molar-refractivity contribution in [3.8, 4) is 0 Å². The van der Waals surface area contributed by atoms with E-state index in [-0.39, 0.29) is 6.04 Å². The van der Waals surface area contributed by atoms with Crippen LogP contribution in [0.4, 0.5) is 5.95 Å². The van der Waals surface area contributed by atoms with Gasteiger partial charge in [0.25, 0.3) is 0 Å². The molecule has 0 aliphatic carbocycles. The first kappa shape index (κ1) is 14.4. The van der Waals surface area contributed by atoms with Crippen molar-refractivity contribution in [2.24, 2.45) is 0 Å². The zero-order valence-corrected chi connectivity index (χ0v) is 12.8. The van der Waals surface area contributed by atoms with Crippen LogP contribution in [0.3, 0.4) is 0 Å². The molecule has 19 heavy (non-hydrogen) atoms. The molecule has 2 aromatic heterocycles. The van der Waals surface area contributed by atoms with Gasteiger partial charge in [-0.05, 0) is 26.0 Å². The third kappa shape index (κ3) is 3.32. The fraction of sp³-hybridized carbons (Fsp3) is 0.364. The zero-order valence-electron chi connectivity index (χ0n) is 10.5. The first-order valence-electron chi connectivity index (χ1n) is 5.63. The van der Waals surface area contributed by atoms with Gasteiger partial charge in [-0.25, -0.2) is 4.98 Å². The molecule has 2 aromatic rings. The van der Waals surface area contributed by atoms with Gasteiger partial charge in [-0.15, -0.1) is 10.2 Å². The van der Waals surface area contributed by atoms with Crippen molar-refractivity contribution in [3.63, 3.8) is 0 Å². The van der Waals surface area contributed by atoms with Crippen LogP contribution in [0.15, 0.2) is 17.3 Å². The lowest BCUT2D eigenvalue weighted by atomic mass is 10.4. The van der Waals surface area contributed by atoms with Crippen molar-refractivity contribution in [1.82, 2.24) is 19.7 Å². The maximum Gasteiger partial charge on any atom is 0.222 e. The molecule has 8 heteroatoms. The molecular formula is C11H13Cl2N5S. The number of thioether (sulfide) groups is 1. The van der Waals surface area contributed by atoms with Gasteiger partial charge in [-0.2, -0.15) is 0 Å². The molecule has 0 bridgehead atoms. The van der Waals surface area contributed by atoms with Crippen LogP contribution in [0.25, 0.3) is 0 Å². The fourth-order valence-electron chi connectivity index (χ4n) is 1.56. The normalized spacial score (nSPS) is 11.2. The molecule has 102 valence electrons. The summed E-state index contributed by atoms with van der Waals surface area (Å²) < 4.78 is 1.86. The lowest BCUT2D eigenvalue weighted by Gasteiger charge is -2.11. The summed E-state index contributed by atoms with van der Waals surface area (Å²) in [6.07, 6.45) is 0. The molecule has 0 aromatic carbocycles. The Balaban J connectivity index is 2.17. The standard InChI is InChI=1S/C11H13Cl2N5S/c1-6(2)18-10(14)16-17-11(18)19-5-8-7(12)3-4-9(13)15-8/h3-4,6H,5H2,1-2H3,(H2,14,16). The van der Waals surface area contributed by atoms with E-state index in [1.54, 1.807) is 12.1 Å². The van der Waals surface area contributed by atoms with Crippen molar-refractivity contribution >= 4 is 40.9 Å². The minimum atomic E-state index is 0.195. The number of nitrogen functional groups attached to an aromatic ring is 1. The fourth-order valence-corrected chi connectivity index (χ4v) is 3.01. The number of nitrogens with two attached hydrogens (primary N) is 1. The Morgan fingerprint density at radius 2 is 2.05 bits per heavy atom. The topological polar surface area (TPSA) is 69.6 Å². The van der Waals surface area contributed by atoms with Crippen molar-refractivity contribution in [2.45, 2.75) is 30.8 Å². The number of pyridine rings is 1. The van der Waals surface area contributed by atoms with E-state index in [1.165, 1.54) is 11.8 Å². The molecule has 0 spiro atoms. The van der Waals surface area contributed by atoms with E-state index in [1.807, 2.05) is 18.4 Å². The van der Waals surface area contributed by atoms with E-state index in [9.17, 15) is 0 Å². The maximum absolute atomic E-state index is 6.07. The van der Waals surface area contributed by atoms with E-state index in [2.05, 4.69) is 15.2 Å². The summed E-state index contributed by atoms with van der Waals surface area (Å²) in [4.78, 5) is 4.19. The minimum absolute atomic E-state index is 0.195. The molecule has 0 amide bonds. The summed E-state index contributed by atoms with van der Waals surface area (Å²) in [6.45, 7) is 4.04. The molecule has 0 fully saturated rings. The predicted octanol–water partition coefficient (Wildman–Crippen LogP) is 3.44. The summed E-state index contributed by atoms with van der Waals surface area (Å²) in [7, 11) is 0. The molecule has 0 aliphatic rings. The number of nitrogens with zero attached hydrogens (tertiary/aromatic N) is 4.